The molecule has 27 heavy (non-hydrogen) atoms. The second-order valence-corrected chi connectivity index (χ2v) is 6.47. The number of aromatic nitrogens is 2. The van der Waals surface area contributed by atoms with E-state index in [9.17, 15) is 4.79 Å². The number of hydrogen-bond acceptors (Lipinski definition) is 5. The number of amides is 1. The van der Waals surface area contributed by atoms with E-state index < -0.39 is 0 Å². The van der Waals surface area contributed by atoms with Crippen LogP contribution < -0.4 is 15.4 Å². The van der Waals surface area contributed by atoms with Gasteiger partial charge in [-0.05, 0) is 55.3 Å². The van der Waals surface area contributed by atoms with Crippen LogP contribution in [0.3, 0.4) is 0 Å². The second-order valence-electron chi connectivity index (χ2n) is 6.03. The Labute approximate surface area is 162 Å². The first kappa shape index (κ1) is 18.7. The molecule has 1 aromatic heterocycles. The first-order valence-corrected chi connectivity index (χ1v) is 8.65. The Hall–Kier alpha value is -3.12. The molecule has 3 rings (SSSR count). The molecule has 6 nitrogen and oxygen atoms in total. The smallest absolute Gasteiger partial charge is 0.274 e. The molecule has 138 valence electrons. The number of carbonyl (C=O) groups is 1. The molecule has 1 heterocycles. The summed E-state index contributed by atoms with van der Waals surface area (Å²) >= 11 is 5.98. The van der Waals surface area contributed by atoms with Crippen molar-refractivity contribution in [3.63, 3.8) is 0 Å². The summed E-state index contributed by atoms with van der Waals surface area (Å²) in [6.45, 7) is 3.88. The highest BCUT2D eigenvalue weighted by atomic mass is 35.5. The molecule has 0 aliphatic heterocycles. The fraction of sp³-hybridized carbons (Fsp3) is 0.150. The SMILES string of the molecule is COc1ccc(C)cc1NC(=O)c1cc(Nc2ccc(Cl)cc2C)ncn1. The van der Waals surface area contributed by atoms with Crippen molar-refractivity contribution in [3.8, 4) is 5.75 Å². The summed E-state index contributed by atoms with van der Waals surface area (Å²) in [4.78, 5) is 20.8. The summed E-state index contributed by atoms with van der Waals surface area (Å²) in [7, 11) is 1.56. The number of nitrogens with one attached hydrogen (secondary N) is 2. The largest absolute Gasteiger partial charge is 0.495 e. The summed E-state index contributed by atoms with van der Waals surface area (Å²) in [6.07, 6.45) is 1.34. The number of benzene rings is 2. The van der Waals surface area contributed by atoms with E-state index in [0.29, 0.717) is 22.3 Å². The van der Waals surface area contributed by atoms with E-state index in [1.807, 2.05) is 38.1 Å². The molecular weight excluding hydrogens is 364 g/mol. The zero-order chi connectivity index (χ0) is 19.4. The van der Waals surface area contributed by atoms with Crippen molar-refractivity contribution in [2.75, 3.05) is 17.7 Å². The van der Waals surface area contributed by atoms with Crippen LogP contribution in [0.5, 0.6) is 5.75 Å². The quantitative estimate of drug-likeness (QED) is 0.665. The first-order chi connectivity index (χ1) is 13.0. The number of halogens is 1. The topological polar surface area (TPSA) is 76.1 Å². The van der Waals surface area contributed by atoms with E-state index in [1.165, 1.54) is 6.33 Å². The summed E-state index contributed by atoms with van der Waals surface area (Å²) in [6, 6.07) is 12.6. The Morgan fingerprint density at radius 1 is 1.04 bits per heavy atom. The minimum Gasteiger partial charge on any atom is -0.495 e. The average molecular weight is 383 g/mol. The number of nitrogens with zero attached hydrogens (tertiary/aromatic N) is 2. The standard InChI is InChI=1S/C20H19ClN4O2/c1-12-4-7-18(27-3)16(8-12)25-20(26)17-10-19(23-11-22-17)24-15-6-5-14(21)9-13(15)2/h4-11H,1-3H3,(H,25,26)(H,22,23,24). The highest BCUT2D eigenvalue weighted by Gasteiger charge is 2.13. The van der Waals surface area contributed by atoms with Gasteiger partial charge in [0.2, 0.25) is 0 Å². The maximum Gasteiger partial charge on any atom is 0.274 e. The maximum atomic E-state index is 12.6. The molecule has 3 aromatic rings. The van der Waals surface area contributed by atoms with Gasteiger partial charge >= 0.3 is 0 Å². The van der Waals surface area contributed by atoms with Crippen molar-refractivity contribution in [2.45, 2.75) is 13.8 Å². The van der Waals surface area contributed by atoms with Gasteiger partial charge in [0.15, 0.2) is 0 Å². The number of methoxy groups -OCH3 is 1. The lowest BCUT2D eigenvalue weighted by molar-refractivity contribution is 0.102. The van der Waals surface area contributed by atoms with Crippen LogP contribution in [0.15, 0.2) is 48.8 Å². The van der Waals surface area contributed by atoms with Crippen molar-refractivity contribution < 1.29 is 9.53 Å². The lowest BCUT2D eigenvalue weighted by Crippen LogP contribution is -2.15. The van der Waals surface area contributed by atoms with Crippen LogP contribution >= 0.6 is 11.6 Å². The molecule has 0 bridgehead atoms. The third-order valence-corrected chi connectivity index (χ3v) is 4.19. The second kappa shape index (κ2) is 8.05. The molecule has 0 saturated heterocycles. The van der Waals surface area contributed by atoms with Gasteiger partial charge in [-0.2, -0.15) is 0 Å². The molecule has 0 aliphatic rings. The van der Waals surface area contributed by atoms with Crippen molar-refractivity contribution in [1.29, 1.82) is 0 Å². The summed E-state index contributed by atoms with van der Waals surface area (Å²) in [5, 5.41) is 6.66. The van der Waals surface area contributed by atoms with Gasteiger partial charge in [0.25, 0.3) is 5.91 Å². The van der Waals surface area contributed by atoms with Gasteiger partial charge in [-0.15, -0.1) is 0 Å². The van der Waals surface area contributed by atoms with Crippen LogP contribution in [0.25, 0.3) is 0 Å². The Kier molecular flexibility index (Phi) is 5.57. The highest BCUT2D eigenvalue weighted by Crippen LogP contribution is 2.26. The molecule has 2 N–H and O–H groups in total. The monoisotopic (exact) mass is 382 g/mol. The Balaban J connectivity index is 1.81. The fourth-order valence-corrected chi connectivity index (χ4v) is 2.79. The summed E-state index contributed by atoms with van der Waals surface area (Å²) in [5.41, 5.74) is 3.66. The van der Waals surface area contributed by atoms with Crippen LogP contribution in [-0.2, 0) is 0 Å². The zero-order valence-electron chi connectivity index (χ0n) is 15.2. The molecule has 0 unspecified atom stereocenters. The Bertz CT molecular complexity index is 991. The van der Waals surface area contributed by atoms with Crippen LogP contribution in [-0.4, -0.2) is 23.0 Å². The van der Waals surface area contributed by atoms with Crippen LogP contribution in [0, 0.1) is 13.8 Å². The van der Waals surface area contributed by atoms with Crippen LogP contribution in [0.4, 0.5) is 17.2 Å². The molecule has 0 radical (unpaired) electrons. The van der Waals surface area contributed by atoms with Gasteiger partial charge in [0.05, 0.1) is 12.8 Å². The molecule has 0 saturated carbocycles. The van der Waals surface area contributed by atoms with E-state index in [1.54, 1.807) is 25.3 Å². The van der Waals surface area contributed by atoms with E-state index in [-0.39, 0.29) is 11.6 Å². The fourth-order valence-electron chi connectivity index (χ4n) is 2.56. The predicted octanol–water partition coefficient (Wildman–Crippen LogP) is 4.75. The predicted molar refractivity (Wildman–Crippen MR) is 107 cm³/mol. The van der Waals surface area contributed by atoms with E-state index in [4.69, 9.17) is 16.3 Å². The van der Waals surface area contributed by atoms with Crippen molar-refractivity contribution in [2.24, 2.45) is 0 Å². The number of aryl methyl sites for hydroxylation is 2. The molecule has 0 fully saturated rings. The zero-order valence-corrected chi connectivity index (χ0v) is 16.0. The molecule has 7 heteroatoms. The van der Waals surface area contributed by atoms with Gasteiger partial charge < -0.3 is 15.4 Å². The summed E-state index contributed by atoms with van der Waals surface area (Å²) < 4.78 is 5.29. The van der Waals surface area contributed by atoms with Gasteiger partial charge in [-0.1, -0.05) is 17.7 Å². The molecule has 1 amide bonds. The minimum absolute atomic E-state index is 0.239. The number of anilines is 3. The number of rotatable bonds is 5. The Morgan fingerprint density at radius 2 is 1.85 bits per heavy atom. The normalized spacial score (nSPS) is 10.4. The third-order valence-electron chi connectivity index (χ3n) is 3.95. The van der Waals surface area contributed by atoms with Gasteiger partial charge in [-0.3, -0.25) is 4.79 Å². The molecule has 0 atom stereocenters. The highest BCUT2D eigenvalue weighted by molar-refractivity contribution is 6.30. The van der Waals surface area contributed by atoms with Crippen molar-refractivity contribution >= 4 is 34.7 Å². The van der Waals surface area contributed by atoms with Gasteiger partial charge in [0.1, 0.15) is 23.6 Å². The maximum absolute atomic E-state index is 12.6. The molecule has 0 aliphatic carbocycles. The number of ether oxygens (including phenoxy) is 1. The molecular formula is C20H19ClN4O2. The van der Waals surface area contributed by atoms with Crippen LogP contribution in [0.2, 0.25) is 5.02 Å². The Morgan fingerprint density at radius 3 is 2.59 bits per heavy atom. The minimum atomic E-state index is -0.350. The first-order valence-electron chi connectivity index (χ1n) is 8.27. The summed E-state index contributed by atoms with van der Waals surface area (Å²) in [5.74, 6) is 0.743. The van der Waals surface area contributed by atoms with E-state index >= 15 is 0 Å². The van der Waals surface area contributed by atoms with E-state index in [2.05, 4.69) is 20.6 Å². The molecule has 0 spiro atoms. The van der Waals surface area contributed by atoms with Crippen LogP contribution in [0.1, 0.15) is 21.6 Å². The van der Waals surface area contributed by atoms with E-state index in [0.717, 1.165) is 16.8 Å². The number of hydrogen-bond donors (Lipinski definition) is 2. The third kappa shape index (κ3) is 4.54. The van der Waals surface area contributed by atoms with Crippen molar-refractivity contribution in [1.82, 2.24) is 9.97 Å². The lowest BCUT2D eigenvalue weighted by atomic mass is 10.2. The number of carbonyl (C=O) groups excluding carboxylic acids is 1. The van der Waals surface area contributed by atoms with Gasteiger partial charge in [-0.25, -0.2) is 9.97 Å². The lowest BCUT2D eigenvalue weighted by Gasteiger charge is -2.12. The van der Waals surface area contributed by atoms with Crippen molar-refractivity contribution in [3.05, 3.63) is 70.6 Å². The molecule has 2 aromatic carbocycles. The van der Waals surface area contributed by atoms with Gasteiger partial charge in [0, 0.05) is 16.8 Å². The average Bonchev–Trinajstić information content (AvgIpc) is 2.64.